The molecule has 3 heteroatoms. The molecule has 1 aliphatic carbocycles. The molecule has 0 bridgehead atoms. The van der Waals surface area contributed by atoms with E-state index in [9.17, 15) is 4.79 Å². The van der Waals surface area contributed by atoms with Gasteiger partial charge in [-0.2, -0.15) is 0 Å². The second-order valence-corrected chi connectivity index (χ2v) is 5.70. The number of carbonyl (C=O) groups excluding carboxylic acids is 1. The highest BCUT2D eigenvalue weighted by atomic mass is 35.5. The van der Waals surface area contributed by atoms with Crippen LogP contribution in [0, 0.1) is 11.3 Å². The van der Waals surface area contributed by atoms with E-state index in [1.807, 2.05) is 6.92 Å². The van der Waals surface area contributed by atoms with E-state index < -0.39 is 0 Å². The van der Waals surface area contributed by atoms with Crippen LogP contribution >= 0.6 is 11.6 Å². The van der Waals surface area contributed by atoms with Crippen molar-refractivity contribution >= 4 is 17.5 Å². The first-order chi connectivity index (χ1) is 6.43. The van der Waals surface area contributed by atoms with Gasteiger partial charge in [0.25, 0.3) is 0 Å². The number of nitrogens with one attached hydrogen (secondary N) is 1. The van der Waals surface area contributed by atoms with Gasteiger partial charge in [0.1, 0.15) is 0 Å². The molecule has 1 amide bonds. The minimum Gasteiger partial charge on any atom is -0.354 e. The van der Waals surface area contributed by atoms with Crippen molar-refractivity contribution in [2.24, 2.45) is 11.3 Å². The fourth-order valence-electron chi connectivity index (χ4n) is 2.18. The molecule has 82 valence electrons. The van der Waals surface area contributed by atoms with Gasteiger partial charge in [0, 0.05) is 17.8 Å². The van der Waals surface area contributed by atoms with Gasteiger partial charge in [0.05, 0.1) is 0 Å². The third-order valence-corrected chi connectivity index (χ3v) is 3.29. The Kier molecular flexibility index (Phi) is 3.82. The SMILES string of the molecule is CC(Cl)CNC(=O)C1CCCC1(C)C. The number of hydrogen-bond acceptors (Lipinski definition) is 1. The standard InChI is InChI=1S/C11H20ClNO/c1-8(12)7-13-10(14)9-5-4-6-11(9,2)3/h8-9H,4-7H2,1-3H3,(H,13,14). The van der Waals surface area contributed by atoms with Crippen LogP contribution in [0.2, 0.25) is 0 Å². The smallest absolute Gasteiger partial charge is 0.223 e. The Labute approximate surface area is 91.4 Å². The summed E-state index contributed by atoms with van der Waals surface area (Å²) >= 11 is 5.78. The third-order valence-electron chi connectivity index (χ3n) is 3.13. The van der Waals surface area contributed by atoms with Crippen LogP contribution in [0.4, 0.5) is 0 Å². The monoisotopic (exact) mass is 217 g/mol. The summed E-state index contributed by atoms with van der Waals surface area (Å²) in [6, 6.07) is 0. The molecule has 2 unspecified atom stereocenters. The number of rotatable bonds is 3. The quantitative estimate of drug-likeness (QED) is 0.724. The van der Waals surface area contributed by atoms with Crippen LogP contribution in [0.5, 0.6) is 0 Å². The number of halogens is 1. The van der Waals surface area contributed by atoms with E-state index in [0.717, 1.165) is 12.8 Å². The molecule has 0 aromatic heterocycles. The Bertz CT molecular complexity index is 213. The van der Waals surface area contributed by atoms with Crippen molar-refractivity contribution in [3.8, 4) is 0 Å². The first-order valence-electron chi connectivity index (χ1n) is 5.35. The second-order valence-electron chi connectivity index (χ2n) is 4.96. The van der Waals surface area contributed by atoms with Gasteiger partial charge in [-0.25, -0.2) is 0 Å². The largest absolute Gasteiger partial charge is 0.354 e. The lowest BCUT2D eigenvalue weighted by molar-refractivity contribution is -0.127. The van der Waals surface area contributed by atoms with Crippen LogP contribution in [0.3, 0.4) is 0 Å². The summed E-state index contributed by atoms with van der Waals surface area (Å²) in [5, 5.41) is 2.93. The summed E-state index contributed by atoms with van der Waals surface area (Å²) < 4.78 is 0. The fourth-order valence-corrected chi connectivity index (χ4v) is 2.25. The molecule has 0 radical (unpaired) electrons. The summed E-state index contributed by atoms with van der Waals surface area (Å²) in [6.45, 7) is 6.82. The van der Waals surface area contributed by atoms with Crippen LogP contribution in [0.15, 0.2) is 0 Å². The van der Waals surface area contributed by atoms with Crippen LogP contribution in [0.25, 0.3) is 0 Å². The predicted octanol–water partition coefficient (Wildman–Crippen LogP) is 2.56. The van der Waals surface area contributed by atoms with E-state index in [1.54, 1.807) is 0 Å². The van der Waals surface area contributed by atoms with E-state index in [4.69, 9.17) is 11.6 Å². The van der Waals surface area contributed by atoms with Crippen molar-refractivity contribution in [2.75, 3.05) is 6.54 Å². The zero-order valence-electron chi connectivity index (χ0n) is 9.27. The van der Waals surface area contributed by atoms with Gasteiger partial charge in [-0.15, -0.1) is 11.6 Å². The lowest BCUT2D eigenvalue weighted by Crippen LogP contribution is -2.38. The highest BCUT2D eigenvalue weighted by Crippen LogP contribution is 2.42. The van der Waals surface area contributed by atoms with Gasteiger partial charge in [-0.3, -0.25) is 4.79 Å². The van der Waals surface area contributed by atoms with Gasteiger partial charge in [-0.1, -0.05) is 20.3 Å². The molecule has 0 aliphatic heterocycles. The Morgan fingerprint density at radius 1 is 1.64 bits per heavy atom. The third kappa shape index (κ3) is 2.88. The minimum absolute atomic E-state index is 0.0171. The zero-order valence-corrected chi connectivity index (χ0v) is 10.0. The summed E-state index contributed by atoms with van der Waals surface area (Å²) in [6.07, 6.45) is 3.35. The maximum atomic E-state index is 11.8. The van der Waals surface area contributed by atoms with E-state index in [-0.39, 0.29) is 22.6 Å². The van der Waals surface area contributed by atoms with Gasteiger partial charge >= 0.3 is 0 Å². The second kappa shape index (κ2) is 4.52. The lowest BCUT2D eigenvalue weighted by Gasteiger charge is -2.26. The van der Waals surface area contributed by atoms with E-state index >= 15 is 0 Å². The minimum atomic E-state index is 0.0171. The normalized spacial score (nSPS) is 27.3. The Hall–Kier alpha value is -0.240. The van der Waals surface area contributed by atoms with Gasteiger partial charge < -0.3 is 5.32 Å². The highest BCUT2D eigenvalue weighted by molar-refractivity contribution is 6.20. The first kappa shape index (κ1) is 11.8. The Morgan fingerprint density at radius 3 is 2.71 bits per heavy atom. The first-order valence-corrected chi connectivity index (χ1v) is 5.79. The topological polar surface area (TPSA) is 29.1 Å². The fraction of sp³-hybridized carbons (Fsp3) is 0.909. The summed E-state index contributed by atoms with van der Waals surface area (Å²) in [5.74, 6) is 0.359. The average molecular weight is 218 g/mol. The van der Waals surface area contributed by atoms with E-state index in [2.05, 4.69) is 19.2 Å². The van der Waals surface area contributed by atoms with Crippen LogP contribution in [0.1, 0.15) is 40.0 Å². The molecule has 2 atom stereocenters. The van der Waals surface area contributed by atoms with Gasteiger partial charge in [0.15, 0.2) is 0 Å². The molecule has 0 heterocycles. The molecule has 0 spiro atoms. The van der Waals surface area contributed by atoms with E-state index in [0.29, 0.717) is 6.54 Å². The molecule has 1 rings (SSSR count). The molecule has 1 saturated carbocycles. The van der Waals surface area contributed by atoms with Crippen LogP contribution in [-0.2, 0) is 4.79 Å². The molecule has 1 fully saturated rings. The molecular formula is C11H20ClNO. The Morgan fingerprint density at radius 2 is 2.29 bits per heavy atom. The molecule has 0 saturated heterocycles. The highest BCUT2D eigenvalue weighted by Gasteiger charge is 2.38. The number of alkyl halides is 1. The van der Waals surface area contributed by atoms with Crippen molar-refractivity contribution in [1.29, 1.82) is 0 Å². The molecule has 0 aromatic carbocycles. The number of amides is 1. The summed E-state index contributed by atoms with van der Waals surface area (Å²) in [7, 11) is 0. The average Bonchev–Trinajstić information content (AvgIpc) is 2.41. The molecule has 2 nitrogen and oxygen atoms in total. The predicted molar refractivity (Wildman–Crippen MR) is 59.4 cm³/mol. The maximum Gasteiger partial charge on any atom is 0.223 e. The molecule has 1 N–H and O–H groups in total. The molecule has 0 aromatic rings. The van der Waals surface area contributed by atoms with Crippen molar-refractivity contribution in [1.82, 2.24) is 5.32 Å². The molecular weight excluding hydrogens is 198 g/mol. The molecule has 14 heavy (non-hydrogen) atoms. The molecule has 1 aliphatic rings. The van der Waals surface area contributed by atoms with Crippen molar-refractivity contribution < 1.29 is 4.79 Å². The number of hydrogen-bond donors (Lipinski definition) is 1. The lowest BCUT2D eigenvalue weighted by atomic mass is 9.81. The van der Waals surface area contributed by atoms with E-state index in [1.165, 1.54) is 6.42 Å². The Balaban J connectivity index is 2.44. The van der Waals surface area contributed by atoms with Crippen LogP contribution < -0.4 is 5.32 Å². The van der Waals surface area contributed by atoms with Gasteiger partial charge in [-0.05, 0) is 25.2 Å². The zero-order chi connectivity index (χ0) is 10.8. The van der Waals surface area contributed by atoms with Crippen molar-refractivity contribution in [3.05, 3.63) is 0 Å². The van der Waals surface area contributed by atoms with Crippen LogP contribution in [-0.4, -0.2) is 17.8 Å². The summed E-state index contributed by atoms with van der Waals surface area (Å²) in [4.78, 5) is 11.8. The number of carbonyl (C=O) groups is 1. The maximum absolute atomic E-state index is 11.8. The van der Waals surface area contributed by atoms with Crippen molar-refractivity contribution in [2.45, 2.75) is 45.4 Å². The van der Waals surface area contributed by atoms with Crippen molar-refractivity contribution in [3.63, 3.8) is 0 Å². The summed E-state index contributed by atoms with van der Waals surface area (Å²) in [5.41, 5.74) is 0.166. The van der Waals surface area contributed by atoms with Gasteiger partial charge in [0.2, 0.25) is 5.91 Å².